The van der Waals surface area contributed by atoms with E-state index in [-0.39, 0.29) is 5.91 Å². The largest absolute Gasteiger partial charge is 0.353 e. The molecule has 0 fully saturated rings. The van der Waals surface area contributed by atoms with Crippen molar-refractivity contribution in [2.75, 3.05) is 5.32 Å². The summed E-state index contributed by atoms with van der Waals surface area (Å²) in [5.41, 5.74) is 9.70. The van der Waals surface area contributed by atoms with Gasteiger partial charge in [-0.2, -0.15) is 0 Å². The third-order valence-electron chi connectivity index (χ3n) is 6.63. The van der Waals surface area contributed by atoms with Crippen molar-refractivity contribution >= 4 is 33.4 Å². The van der Waals surface area contributed by atoms with Crippen LogP contribution in [0, 0.1) is 20.8 Å². The van der Waals surface area contributed by atoms with Crippen molar-refractivity contribution in [1.82, 2.24) is 9.97 Å². The summed E-state index contributed by atoms with van der Waals surface area (Å²) >= 11 is 0. The smallest absolute Gasteiger partial charge is 0.224 e. The highest BCUT2D eigenvalue weighted by atomic mass is 16.1. The SMILES string of the molecule is Cc1ccc2[nH]c(-c3ccc4ccccc4n3)c(CCCC(=O)Nc3cccc(C)c3C)c2c1. The maximum absolute atomic E-state index is 12.7. The van der Waals surface area contributed by atoms with E-state index in [1.54, 1.807) is 0 Å². The summed E-state index contributed by atoms with van der Waals surface area (Å²) in [5, 5.41) is 5.42. The number of pyridine rings is 1. The van der Waals surface area contributed by atoms with Gasteiger partial charge in [-0.15, -0.1) is 0 Å². The van der Waals surface area contributed by atoms with Crippen LogP contribution in [0.15, 0.2) is 72.8 Å². The number of carbonyl (C=O) groups is 1. The molecule has 0 radical (unpaired) electrons. The van der Waals surface area contributed by atoms with Gasteiger partial charge in [0, 0.05) is 28.4 Å². The Hall–Kier alpha value is -3.92. The molecule has 0 bridgehead atoms. The first-order chi connectivity index (χ1) is 16.5. The lowest BCUT2D eigenvalue weighted by molar-refractivity contribution is -0.116. The normalized spacial score (nSPS) is 11.3. The zero-order valence-corrected chi connectivity index (χ0v) is 19.9. The number of amides is 1. The number of aromatic nitrogens is 2. The Morgan fingerprint density at radius 2 is 1.79 bits per heavy atom. The number of rotatable bonds is 6. The van der Waals surface area contributed by atoms with E-state index in [4.69, 9.17) is 4.98 Å². The lowest BCUT2D eigenvalue weighted by Gasteiger charge is -2.11. The van der Waals surface area contributed by atoms with Crippen molar-refractivity contribution in [3.05, 3.63) is 95.1 Å². The second-order valence-corrected chi connectivity index (χ2v) is 9.07. The van der Waals surface area contributed by atoms with Gasteiger partial charge in [0.15, 0.2) is 0 Å². The van der Waals surface area contributed by atoms with Gasteiger partial charge in [-0.1, -0.05) is 48.0 Å². The zero-order chi connectivity index (χ0) is 23.7. The van der Waals surface area contributed by atoms with E-state index in [9.17, 15) is 4.79 Å². The molecule has 0 aliphatic heterocycles. The Morgan fingerprint density at radius 1 is 0.941 bits per heavy atom. The highest BCUT2D eigenvalue weighted by Gasteiger charge is 2.16. The Bertz CT molecular complexity index is 1510. The predicted octanol–water partition coefficient (Wildman–Crippen LogP) is 7.27. The molecule has 34 heavy (non-hydrogen) atoms. The maximum atomic E-state index is 12.7. The van der Waals surface area contributed by atoms with Crippen LogP contribution >= 0.6 is 0 Å². The van der Waals surface area contributed by atoms with Gasteiger partial charge in [0.05, 0.1) is 16.9 Å². The van der Waals surface area contributed by atoms with Gasteiger partial charge in [0.2, 0.25) is 5.91 Å². The lowest BCUT2D eigenvalue weighted by Crippen LogP contribution is -2.12. The van der Waals surface area contributed by atoms with E-state index in [1.165, 1.54) is 22.1 Å². The fourth-order valence-corrected chi connectivity index (χ4v) is 4.57. The number of aromatic amines is 1. The van der Waals surface area contributed by atoms with Gasteiger partial charge in [-0.3, -0.25) is 4.79 Å². The number of nitrogens with zero attached hydrogens (tertiary/aromatic N) is 1. The first kappa shape index (κ1) is 21.9. The molecule has 1 amide bonds. The number of aryl methyl sites for hydroxylation is 3. The van der Waals surface area contributed by atoms with E-state index >= 15 is 0 Å². The number of para-hydroxylation sites is 1. The molecule has 0 aliphatic carbocycles. The molecule has 2 N–H and O–H groups in total. The van der Waals surface area contributed by atoms with Crippen molar-refractivity contribution in [1.29, 1.82) is 0 Å². The topological polar surface area (TPSA) is 57.8 Å². The summed E-state index contributed by atoms with van der Waals surface area (Å²) in [4.78, 5) is 21.2. The third kappa shape index (κ3) is 4.32. The fourth-order valence-electron chi connectivity index (χ4n) is 4.57. The summed E-state index contributed by atoms with van der Waals surface area (Å²) in [6, 6.07) is 24.9. The van der Waals surface area contributed by atoms with Crippen LogP contribution in [-0.4, -0.2) is 15.9 Å². The summed E-state index contributed by atoms with van der Waals surface area (Å²) < 4.78 is 0. The molecule has 0 saturated carbocycles. The molecule has 4 nitrogen and oxygen atoms in total. The third-order valence-corrected chi connectivity index (χ3v) is 6.63. The van der Waals surface area contributed by atoms with Gasteiger partial charge in [0.1, 0.15) is 0 Å². The molecule has 0 saturated heterocycles. The van der Waals surface area contributed by atoms with Gasteiger partial charge >= 0.3 is 0 Å². The standard InChI is InChI=1S/C30H29N3O/c1-19-14-16-27-24(18-19)23(10-7-13-29(34)32-25-12-6-8-20(2)21(25)3)30(33-27)28-17-15-22-9-4-5-11-26(22)31-28/h4-6,8-9,11-12,14-18,33H,7,10,13H2,1-3H3,(H,32,34). The Kier molecular flexibility index (Phi) is 5.89. The minimum Gasteiger partial charge on any atom is -0.353 e. The Balaban J connectivity index is 1.41. The fraction of sp³-hybridized carbons (Fsp3) is 0.200. The van der Waals surface area contributed by atoms with Gasteiger partial charge in [0.25, 0.3) is 0 Å². The number of hydrogen-bond donors (Lipinski definition) is 2. The van der Waals surface area contributed by atoms with E-state index < -0.39 is 0 Å². The van der Waals surface area contributed by atoms with Crippen molar-refractivity contribution in [3.8, 4) is 11.4 Å². The summed E-state index contributed by atoms with van der Waals surface area (Å²) in [6.07, 6.45) is 2.03. The van der Waals surface area contributed by atoms with E-state index in [1.807, 2.05) is 37.3 Å². The molecule has 170 valence electrons. The Labute approximate surface area is 200 Å². The summed E-state index contributed by atoms with van der Waals surface area (Å²) in [6.45, 7) is 6.22. The van der Waals surface area contributed by atoms with Gasteiger partial charge < -0.3 is 10.3 Å². The number of benzene rings is 3. The quantitative estimate of drug-likeness (QED) is 0.287. The molecule has 5 aromatic rings. The molecule has 0 spiro atoms. The molecule has 0 unspecified atom stereocenters. The monoisotopic (exact) mass is 447 g/mol. The molecule has 2 heterocycles. The summed E-state index contributed by atoms with van der Waals surface area (Å²) in [7, 11) is 0. The van der Waals surface area contributed by atoms with Crippen molar-refractivity contribution in [2.24, 2.45) is 0 Å². The van der Waals surface area contributed by atoms with Crippen LogP contribution in [0.25, 0.3) is 33.2 Å². The van der Waals surface area contributed by atoms with Crippen LogP contribution in [0.1, 0.15) is 35.1 Å². The van der Waals surface area contributed by atoms with Gasteiger partial charge in [-0.25, -0.2) is 4.98 Å². The van der Waals surface area contributed by atoms with Crippen molar-refractivity contribution in [3.63, 3.8) is 0 Å². The number of anilines is 1. The molecular weight excluding hydrogens is 418 g/mol. The van der Waals surface area contributed by atoms with E-state index in [0.29, 0.717) is 6.42 Å². The average molecular weight is 448 g/mol. The molecule has 2 aromatic heterocycles. The maximum Gasteiger partial charge on any atom is 0.224 e. The highest BCUT2D eigenvalue weighted by molar-refractivity contribution is 5.93. The minimum absolute atomic E-state index is 0.0510. The van der Waals surface area contributed by atoms with Crippen molar-refractivity contribution in [2.45, 2.75) is 40.0 Å². The predicted molar refractivity (Wildman–Crippen MR) is 141 cm³/mol. The zero-order valence-electron chi connectivity index (χ0n) is 19.9. The molecule has 0 aliphatic rings. The van der Waals surface area contributed by atoms with Crippen molar-refractivity contribution < 1.29 is 4.79 Å². The first-order valence-electron chi connectivity index (χ1n) is 11.8. The number of nitrogens with one attached hydrogen (secondary N) is 2. The van der Waals surface area contributed by atoms with Crippen LogP contribution in [0.4, 0.5) is 5.69 Å². The number of carbonyl (C=O) groups excluding carboxylic acids is 1. The van der Waals surface area contributed by atoms with Crippen LogP contribution in [0.2, 0.25) is 0 Å². The van der Waals surface area contributed by atoms with Crippen LogP contribution in [-0.2, 0) is 11.2 Å². The number of H-pyrrole nitrogens is 1. The minimum atomic E-state index is 0.0510. The lowest BCUT2D eigenvalue weighted by atomic mass is 10.0. The van der Waals surface area contributed by atoms with E-state index in [0.717, 1.165) is 51.9 Å². The molecule has 5 rings (SSSR count). The molecule has 4 heteroatoms. The van der Waals surface area contributed by atoms with E-state index in [2.05, 4.69) is 66.6 Å². The van der Waals surface area contributed by atoms with Crippen LogP contribution < -0.4 is 5.32 Å². The molecular formula is C30H29N3O. The number of hydrogen-bond acceptors (Lipinski definition) is 2. The second kappa shape index (κ2) is 9.14. The second-order valence-electron chi connectivity index (χ2n) is 9.07. The van der Waals surface area contributed by atoms with Crippen LogP contribution in [0.5, 0.6) is 0 Å². The first-order valence-corrected chi connectivity index (χ1v) is 11.8. The highest BCUT2D eigenvalue weighted by Crippen LogP contribution is 2.32. The molecule has 3 aromatic carbocycles. The van der Waals surface area contributed by atoms with Gasteiger partial charge in [-0.05, 0) is 80.6 Å². The van der Waals surface area contributed by atoms with Crippen LogP contribution in [0.3, 0.4) is 0 Å². The summed E-state index contributed by atoms with van der Waals surface area (Å²) in [5.74, 6) is 0.0510. The average Bonchev–Trinajstić information content (AvgIpc) is 3.19. The Morgan fingerprint density at radius 3 is 2.68 bits per heavy atom. The number of fused-ring (bicyclic) bond motifs is 2. The molecule has 0 atom stereocenters.